The Kier molecular flexibility index (Phi) is 4.65. The van der Waals surface area contributed by atoms with Crippen molar-refractivity contribution in [2.24, 2.45) is 0 Å². The third kappa shape index (κ3) is 3.12. The van der Waals surface area contributed by atoms with Gasteiger partial charge in [-0.05, 0) is 19.1 Å². The van der Waals surface area contributed by atoms with Crippen LogP contribution in [0.2, 0.25) is 5.15 Å². The molecular weight excluding hydrogens is 346 g/mol. The fourth-order valence-corrected chi connectivity index (χ4v) is 4.17. The highest BCUT2D eigenvalue weighted by atomic mass is 35.5. The molecule has 0 aromatic carbocycles. The minimum Gasteiger partial charge on any atom is -0.377 e. The van der Waals surface area contributed by atoms with Crippen molar-refractivity contribution in [3.8, 4) is 0 Å². The molecule has 0 unspecified atom stereocenters. The van der Waals surface area contributed by atoms with E-state index in [1.54, 1.807) is 6.07 Å². The van der Waals surface area contributed by atoms with Crippen molar-refractivity contribution in [3.63, 3.8) is 0 Å². The summed E-state index contributed by atoms with van der Waals surface area (Å²) in [6.45, 7) is 6.34. The van der Waals surface area contributed by atoms with Crippen molar-refractivity contribution in [1.82, 2.24) is 15.0 Å². The number of ether oxygens (including phenoxy) is 1. The van der Waals surface area contributed by atoms with Crippen molar-refractivity contribution in [2.45, 2.75) is 13.0 Å². The van der Waals surface area contributed by atoms with E-state index in [4.69, 9.17) is 26.3 Å². The van der Waals surface area contributed by atoms with Gasteiger partial charge in [0.05, 0.1) is 24.6 Å². The van der Waals surface area contributed by atoms with E-state index in [1.807, 2.05) is 17.8 Å². The zero-order valence-corrected chi connectivity index (χ0v) is 15.2. The molecule has 0 N–H and O–H groups in total. The summed E-state index contributed by atoms with van der Waals surface area (Å²) in [5.74, 6) is 3.90. The molecule has 2 saturated heterocycles. The first kappa shape index (κ1) is 16.2. The van der Waals surface area contributed by atoms with Crippen LogP contribution < -0.4 is 9.80 Å². The first-order valence-electron chi connectivity index (χ1n) is 8.24. The zero-order valence-electron chi connectivity index (χ0n) is 13.6. The van der Waals surface area contributed by atoms with Crippen molar-refractivity contribution >= 4 is 46.2 Å². The summed E-state index contributed by atoms with van der Waals surface area (Å²) >= 11 is 8.07. The van der Waals surface area contributed by atoms with Crippen molar-refractivity contribution in [1.29, 1.82) is 0 Å². The molecule has 1 atom stereocenters. The molecule has 8 heteroatoms. The number of thioether (sulfide) groups is 1. The summed E-state index contributed by atoms with van der Waals surface area (Å²) in [4.78, 5) is 18.6. The lowest BCUT2D eigenvalue weighted by atomic mass is 10.2. The molecule has 2 fully saturated rings. The van der Waals surface area contributed by atoms with Gasteiger partial charge in [0, 0.05) is 31.1 Å². The largest absolute Gasteiger partial charge is 0.377 e. The van der Waals surface area contributed by atoms with Crippen LogP contribution in [0, 0.1) is 0 Å². The molecule has 4 heterocycles. The lowest BCUT2D eigenvalue weighted by Crippen LogP contribution is -2.44. The standard InChI is InChI=1S/C16H20ClN5OS/c1-11-10-23-7-4-22(11)15-12-2-3-13(17)18-14(12)19-16(20-15)21-5-8-24-9-6-21/h2-3,11H,4-10H2,1H3/t11-/m0/s1. The summed E-state index contributed by atoms with van der Waals surface area (Å²) in [7, 11) is 0. The Hall–Kier alpha value is -1.31. The van der Waals surface area contributed by atoms with Gasteiger partial charge in [-0.25, -0.2) is 4.98 Å². The maximum atomic E-state index is 6.10. The minimum absolute atomic E-state index is 0.275. The van der Waals surface area contributed by atoms with Crippen LogP contribution in [0.4, 0.5) is 11.8 Å². The Morgan fingerprint density at radius 2 is 2.00 bits per heavy atom. The lowest BCUT2D eigenvalue weighted by Gasteiger charge is -2.35. The van der Waals surface area contributed by atoms with Crippen LogP contribution in [0.25, 0.3) is 11.0 Å². The number of hydrogen-bond acceptors (Lipinski definition) is 7. The molecule has 2 aliphatic heterocycles. The van der Waals surface area contributed by atoms with Gasteiger partial charge in [-0.15, -0.1) is 0 Å². The molecule has 0 radical (unpaired) electrons. The third-order valence-corrected chi connectivity index (χ3v) is 5.58. The molecule has 128 valence electrons. The molecule has 0 amide bonds. The van der Waals surface area contributed by atoms with Gasteiger partial charge in [0.1, 0.15) is 11.0 Å². The van der Waals surface area contributed by atoms with Crippen LogP contribution >= 0.6 is 23.4 Å². The SMILES string of the molecule is C[C@H]1COCCN1c1nc(N2CCSCC2)nc2nc(Cl)ccc12. The molecule has 0 spiro atoms. The van der Waals surface area contributed by atoms with Gasteiger partial charge >= 0.3 is 0 Å². The second kappa shape index (κ2) is 6.90. The van der Waals surface area contributed by atoms with Crippen LogP contribution in [0.15, 0.2) is 12.1 Å². The molecule has 2 aromatic rings. The smallest absolute Gasteiger partial charge is 0.229 e. The summed E-state index contributed by atoms with van der Waals surface area (Å²) in [5.41, 5.74) is 0.666. The summed E-state index contributed by atoms with van der Waals surface area (Å²) < 4.78 is 5.58. The van der Waals surface area contributed by atoms with Gasteiger partial charge in [-0.3, -0.25) is 0 Å². The van der Waals surface area contributed by atoms with Gasteiger partial charge in [0.25, 0.3) is 0 Å². The van der Waals surface area contributed by atoms with Gasteiger partial charge in [-0.1, -0.05) is 11.6 Å². The van der Waals surface area contributed by atoms with Crippen molar-refractivity contribution < 1.29 is 4.74 Å². The Morgan fingerprint density at radius 1 is 1.17 bits per heavy atom. The van der Waals surface area contributed by atoms with E-state index in [2.05, 4.69) is 21.7 Å². The Bertz CT molecular complexity index is 740. The maximum Gasteiger partial charge on any atom is 0.229 e. The highest BCUT2D eigenvalue weighted by Crippen LogP contribution is 2.29. The van der Waals surface area contributed by atoms with Crippen LogP contribution in [0.5, 0.6) is 0 Å². The average molecular weight is 366 g/mol. The highest BCUT2D eigenvalue weighted by molar-refractivity contribution is 7.99. The van der Waals surface area contributed by atoms with Gasteiger partial charge in [-0.2, -0.15) is 21.7 Å². The quantitative estimate of drug-likeness (QED) is 0.757. The Labute approximate surface area is 150 Å². The van der Waals surface area contributed by atoms with E-state index in [0.29, 0.717) is 24.0 Å². The van der Waals surface area contributed by atoms with Crippen LogP contribution in [0.1, 0.15) is 6.92 Å². The number of rotatable bonds is 2. The second-order valence-corrected chi connectivity index (χ2v) is 7.68. The lowest BCUT2D eigenvalue weighted by molar-refractivity contribution is 0.0987. The zero-order chi connectivity index (χ0) is 16.5. The number of nitrogens with zero attached hydrogens (tertiary/aromatic N) is 5. The van der Waals surface area contributed by atoms with Crippen molar-refractivity contribution in [2.75, 3.05) is 54.2 Å². The summed E-state index contributed by atoms with van der Waals surface area (Å²) in [6.07, 6.45) is 0. The number of pyridine rings is 1. The Morgan fingerprint density at radius 3 is 2.79 bits per heavy atom. The normalized spacial score (nSPS) is 22.2. The number of fused-ring (bicyclic) bond motifs is 1. The predicted molar refractivity (Wildman–Crippen MR) is 99.5 cm³/mol. The molecule has 2 aliphatic rings. The van der Waals surface area contributed by atoms with Crippen LogP contribution in [-0.4, -0.2) is 65.3 Å². The molecule has 0 bridgehead atoms. The van der Waals surface area contributed by atoms with Gasteiger partial charge in [0.15, 0.2) is 5.65 Å². The Balaban J connectivity index is 1.82. The van der Waals surface area contributed by atoms with Crippen LogP contribution in [-0.2, 0) is 4.74 Å². The molecular formula is C16H20ClN5OS. The summed E-state index contributed by atoms with van der Waals surface area (Å²) in [6, 6.07) is 4.05. The predicted octanol–water partition coefficient (Wildman–Crippen LogP) is 2.46. The maximum absolute atomic E-state index is 6.10. The van der Waals surface area contributed by atoms with E-state index in [-0.39, 0.29) is 6.04 Å². The molecule has 0 saturated carbocycles. The van der Waals surface area contributed by atoms with E-state index in [1.165, 1.54) is 0 Å². The topological polar surface area (TPSA) is 54.4 Å². The fraction of sp³-hybridized carbons (Fsp3) is 0.562. The highest BCUT2D eigenvalue weighted by Gasteiger charge is 2.25. The van der Waals surface area contributed by atoms with Crippen LogP contribution in [0.3, 0.4) is 0 Å². The third-order valence-electron chi connectivity index (χ3n) is 4.43. The molecule has 2 aromatic heterocycles. The van der Waals surface area contributed by atoms with E-state index in [9.17, 15) is 0 Å². The number of hydrogen-bond donors (Lipinski definition) is 0. The van der Waals surface area contributed by atoms with Crippen molar-refractivity contribution in [3.05, 3.63) is 17.3 Å². The molecule has 4 rings (SSSR count). The van der Waals surface area contributed by atoms with E-state index in [0.717, 1.165) is 48.3 Å². The van der Waals surface area contributed by atoms with E-state index < -0.39 is 0 Å². The fourth-order valence-electron chi connectivity index (χ4n) is 3.13. The number of anilines is 2. The number of halogens is 1. The first-order chi connectivity index (χ1) is 11.7. The summed E-state index contributed by atoms with van der Waals surface area (Å²) in [5, 5.41) is 1.41. The molecule has 6 nitrogen and oxygen atoms in total. The van der Waals surface area contributed by atoms with Gasteiger partial charge < -0.3 is 14.5 Å². The average Bonchev–Trinajstić information content (AvgIpc) is 2.62. The molecule has 24 heavy (non-hydrogen) atoms. The number of aromatic nitrogens is 3. The first-order valence-corrected chi connectivity index (χ1v) is 9.77. The molecule has 0 aliphatic carbocycles. The monoisotopic (exact) mass is 365 g/mol. The van der Waals surface area contributed by atoms with Gasteiger partial charge in [0.2, 0.25) is 5.95 Å². The number of morpholine rings is 1. The van der Waals surface area contributed by atoms with E-state index >= 15 is 0 Å². The second-order valence-electron chi connectivity index (χ2n) is 6.07. The minimum atomic E-state index is 0.275.